The quantitative estimate of drug-likeness (QED) is 0.391. The minimum absolute atomic E-state index is 0.0669. The maximum atomic E-state index is 12.2. The Morgan fingerprint density at radius 2 is 1.87 bits per heavy atom. The highest BCUT2D eigenvalue weighted by Crippen LogP contribution is 2.23. The fourth-order valence-corrected chi connectivity index (χ4v) is 1.96. The Morgan fingerprint density at radius 1 is 1.22 bits per heavy atom. The van der Waals surface area contributed by atoms with E-state index in [0.29, 0.717) is 0 Å². The van der Waals surface area contributed by atoms with E-state index in [1.807, 2.05) is 0 Å². The van der Waals surface area contributed by atoms with Gasteiger partial charge in [-0.1, -0.05) is 35.9 Å². The maximum absolute atomic E-state index is 12.2. The molecule has 1 N–H and O–H groups in total. The topological polar surface area (TPSA) is 108 Å². The molecular weight excluding hydrogens is 320 g/mol. The highest BCUT2D eigenvalue weighted by atomic mass is 35.5. The van der Waals surface area contributed by atoms with Gasteiger partial charge in [0.15, 0.2) is 0 Å². The van der Waals surface area contributed by atoms with Gasteiger partial charge in [-0.15, -0.1) is 0 Å². The molecule has 2 aromatic carbocycles. The molecule has 23 heavy (non-hydrogen) atoms. The Balaban J connectivity index is 2.31. The molecule has 0 atom stereocenters. The van der Waals surface area contributed by atoms with Crippen molar-refractivity contribution in [1.82, 2.24) is 0 Å². The normalized spacial score (nSPS) is 10.7. The molecule has 0 heterocycles. The number of benzene rings is 2. The van der Waals surface area contributed by atoms with Crippen LogP contribution in [0.15, 0.2) is 53.6 Å². The zero-order valence-electron chi connectivity index (χ0n) is 11.6. The van der Waals surface area contributed by atoms with Gasteiger partial charge in [0.1, 0.15) is 11.8 Å². The Kier molecular flexibility index (Phi) is 5.02. The third-order valence-electron chi connectivity index (χ3n) is 2.83. The summed E-state index contributed by atoms with van der Waals surface area (Å²) < 4.78 is 0. The number of nitro groups is 1. The van der Waals surface area contributed by atoms with Gasteiger partial charge in [0.25, 0.3) is 5.69 Å². The van der Waals surface area contributed by atoms with Gasteiger partial charge in [-0.25, -0.2) is 0 Å². The minimum Gasteiger partial charge on any atom is -0.286 e. The van der Waals surface area contributed by atoms with Gasteiger partial charge in [-0.3, -0.25) is 20.3 Å². The number of nitriles is 1. The lowest BCUT2D eigenvalue weighted by atomic mass is 10.1. The first-order valence-corrected chi connectivity index (χ1v) is 6.69. The van der Waals surface area contributed by atoms with Crippen molar-refractivity contribution in [1.29, 1.82) is 5.26 Å². The lowest BCUT2D eigenvalue weighted by Crippen LogP contribution is -2.15. The van der Waals surface area contributed by atoms with Gasteiger partial charge in [0.05, 0.1) is 9.95 Å². The Morgan fingerprint density at radius 3 is 2.52 bits per heavy atom. The number of halogens is 1. The number of nitrogens with zero attached hydrogens (tertiary/aromatic N) is 3. The van der Waals surface area contributed by atoms with Gasteiger partial charge >= 0.3 is 0 Å². The van der Waals surface area contributed by atoms with E-state index in [2.05, 4.69) is 10.5 Å². The van der Waals surface area contributed by atoms with Crippen molar-refractivity contribution in [3.8, 4) is 6.07 Å². The standard InChI is InChI=1S/C15H9ClN4O3/c16-11-6-2-1-5-10(11)15(21)13(9-17)19-18-12-7-3-4-8-14(12)20(22)23/h1-8,18H/b19-13+. The average molecular weight is 329 g/mol. The van der Waals surface area contributed by atoms with E-state index < -0.39 is 16.4 Å². The maximum Gasteiger partial charge on any atom is 0.294 e. The molecule has 8 heteroatoms. The van der Waals surface area contributed by atoms with E-state index in [-0.39, 0.29) is 22.0 Å². The molecule has 0 spiro atoms. The van der Waals surface area contributed by atoms with E-state index in [0.717, 1.165) is 0 Å². The predicted molar refractivity (Wildman–Crippen MR) is 85.5 cm³/mol. The third kappa shape index (κ3) is 3.70. The Labute approximate surface area is 136 Å². The van der Waals surface area contributed by atoms with Gasteiger partial charge < -0.3 is 0 Å². The summed E-state index contributed by atoms with van der Waals surface area (Å²) in [5.74, 6) is -0.677. The van der Waals surface area contributed by atoms with Crippen LogP contribution >= 0.6 is 11.6 Å². The van der Waals surface area contributed by atoms with Gasteiger partial charge in [0.2, 0.25) is 11.5 Å². The summed E-state index contributed by atoms with van der Waals surface area (Å²) in [6.45, 7) is 0. The summed E-state index contributed by atoms with van der Waals surface area (Å²) in [6, 6.07) is 13.6. The summed E-state index contributed by atoms with van der Waals surface area (Å²) >= 11 is 5.91. The van der Waals surface area contributed by atoms with Gasteiger partial charge in [-0.2, -0.15) is 10.4 Å². The average Bonchev–Trinajstić information content (AvgIpc) is 2.56. The first kappa shape index (κ1) is 16.1. The second-order valence-electron chi connectivity index (χ2n) is 4.27. The van der Waals surface area contributed by atoms with E-state index in [1.165, 1.54) is 30.3 Å². The number of anilines is 1. The smallest absolute Gasteiger partial charge is 0.286 e. The monoisotopic (exact) mass is 328 g/mol. The molecule has 0 aromatic heterocycles. The number of para-hydroxylation sites is 2. The summed E-state index contributed by atoms with van der Waals surface area (Å²) in [6.07, 6.45) is 0. The molecule has 0 aliphatic carbocycles. The van der Waals surface area contributed by atoms with Gasteiger partial charge in [-0.05, 0) is 18.2 Å². The summed E-state index contributed by atoms with van der Waals surface area (Å²) in [4.78, 5) is 22.5. The molecule has 7 nitrogen and oxygen atoms in total. The van der Waals surface area contributed by atoms with Crippen molar-refractivity contribution in [2.24, 2.45) is 5.10 Å². The number of hydrogen-bond donors (Lipinski definition) is 1. The molecule has 0 bridgehead atoms. The van der Waals surface area contributed by atoms with E-state index in [4.69, 9.17) is 16.9 Å². The second kappa shape index (κ2) is 7.15. The van der Waals surface area contributed by atoms with Crippen molar-refractivity contribution in [2.75, 3.05) is 5.43 Å². The predicted octanol–water partition coefficient (Wildman–Crippen LogP) is 3.42. The first-order chi connectivity index (χ1) is 11.0. The second-order valence-corrected chi connectivity index (χ2v) is 4.67. The molecule has 0 saturated heterocycles. The molecule has 0 radical (unpaired) electrons. The SMILES string of the molecule is N#C/C(=N\Nc1ccccc1[N+](=O)[O-])C(=O)c1ccccc1Cl. The molecule has 0 amide bonds. The molecule has 0 fully saturated rings. The number of nitrogens with one attached hydrogen (secondary N) is 1. The lowest BCUT2D eigenvalue weighted by molar-refractivity contribution is -0.384. The Hall–Kier alpha value is -3.24. The van der Waals surface area contributed by atoms with E-state index in [1.54, 1.807) is 24.3 Å². The number of nitro benzene ring substituents is 1. The van der Waals surface area contributed by atoms with Crippen molar-refractivity contribution in [3.05, 3.63) is 69.2 Å². The van der Waals surface area contributed by atoms with Crippen LogP contribution in [0, 0.1) is 21.4 Å². The number of Topliss-reactive ketones (excluding diaryl/α,β-unsaturated/α-hetero) is 1. The summed E-state index contributed by atoms with van der Waals surface area (Å²) in [5.41, 5.74) is 1.88. The van der Waals surface area contributed by atoms with Crippen LogP contribution < -0.4 is 5.43 Å². The number of hydrogen-bond acceptors (Lipinski definition) is 6. The molecule has 2 rings (SSSR count). The zero-order chi connectivity index (χ0) is 16.8. The van der Waals surface area contributed by atoms with Crippen molar-refractivity contribution in [3.63, 3.8) is 0 Å². The number of rotatable bonds is 5. The fourth-order valence-electron chi connectivity index (χ4n) is 1.74. The summed E-state index contributed by atoms with van der Waals surface area (Å²) in [7, 11) is 0. The molecule has 0 saturated carbocycles. The van der Waals surface area contributed by atoms with Crippen LogP contribution in [0.3, 0.4) is 0 Å². The fraction of sp³-hybridized carbons (Fsp3) is 0. The third-order valence-corrected chi connectivity index (χ3v) is 3.16. The van der Waals surface area contributed by atoms with Crippen LogP contribution in [0.5, 0.6) is 0 Å². The summed E-state index contributed by atoms with van der Waals surface area (Å²) in [5, 5.41) is 23.8. The van der Waals surface area contributed by atoms with Gasteiger partial charge in [0, 0.05) is 11.6 Å². The van der Waals surface area contributed by atoms with Crippen LogP contribution in [0.2, 0.25) is 5.02 Å². The number of carbonyl (C=O) groups is 1. The van der Waals surface area contributed by atoms with Crippen LogP contribution in [0.25, 0.3) is 0 Å². The number of ketones is 1. The van der Waals surface area contributed by atoms with Crippen LogP contribution in [-0.2, 0) is 0 Å². The largest absolute Gasteiger partial charge is 0.294 e. The van der Waals surface area contributed by atoms with Crippen molar-refractivity contribution in [2.45, 2.75) is 0 Å². The molecule has 114 valence electrons. The van der Waals surface area contributed by atoms with E-state index in [9.17, 15) is 14.9 Å². The van der Waals surface area contributed by atoms with Crippen molar-refractivity contribution >= 4 is 34.5 Å². The highest BCUT2D eigenvalue weighted by Gasteiger charge is 2.18. The van der Waals surface area contributed by atoms with Crippen LogP contribution in [0.1, 0.15) is 10.4 Å². The molecular formula is C15H9ClN4O3. The number of hydrazone groups is 1. The minimum atomic E-state index is -0.677. The molecule has 0 aliphatic rings. The van der Waals surface area contributed by atoms with Crippen molar-refractivity contribution < 1.29 is 9.72 Å². The van der Waals surface area contributed by atoms with Crippen LogP contribution in [0.4, 0.5) is 11.4 Å². The van der Waals surface area contributed by atoms with Crippen LogP contribution in [-0.4, -0.2) is 16.4 Å². The lowest BCUT2D eigenvalue weighted by Gasteiger charge is -2.03. The number of carbonyl (C=O) groups excluding carboxylic acids is 1. The molecule has 2 aromatic rings. The first-order valence-electron chi connectivity index (χ1n) is 6.31. The van der Waals surface area contributed by atoms with E-state index >= 15 is 0 Å². The molecule has 0 unspecified atom stereocenters. The highest BCUT2D eigenvalue weighted by molar-refractivity contribution is 6.53. The molecule has 0 aliphatic heterocycles. The Bertz CT molecular complexity index is 843. The zero-order valence-corrected chi connectivity index (χ0v) is 12.3.